The van der Waals surface area contributed by atoms with E-state index in [4.69, 9.17) is 9.84 Å². The quantitative estimate of drug-likeness (QED) is 0.678. The highest BCUT2D eigenvalue weighted by atomic mass is 32.1. The lowest BCUT2D eigenvalue weighted by atomic mass is 10.2. The van der Waals surface area contributed by atoms with Gasteiger partial charge in [-0.25, -0.2) is 4.79 Å². The maximum atomic E-state index is 10.7. The van der Waals surface area contributed by atoms with Gasteiger partial charge in [0.1, 0.15) is 4.88 Å². The zero-order valence-electron chi connectivity index (χ0n) is 10.9. The van der Waals surface area contributed by atoms with E-state index in [-0.39, 0.29) is 0 Å². The van der Waals surface area contributed by atoms with E-state index in [1.54, 1.807) is 6.07 Å². The first kappa shape index (κ1) is 15.1. The molecule has 0 aliphatic heterocycles. The van der Waals surface area contributed by atoms with Gasteiger partial charge in [0.25, 0.3) is 0 Å². The fraction of sp³-hybridized carbons (Fsp3) is 0.615. The van der Waals surface area contributed by atoms with Crippen molar-refractivity contribution in [2.24, 2.45) is 5.92 Å². The molecule has 0 amide bonds. The van der Waals surface area contributed by atoms with E-state index in [0.717, 1.165) is 37.6 Å². The molecule has 1 aromatic rings. The molecular weight excluding hydrogens is 250 g/mol. The van der Waals surface area contributed by atoms with Crippen molar-refractivity contribution < 1.29 is 14.6 Å². The third kappa shape index (κ3) is 6.14. The minimum Gasteiger partial charge on any atom is -0.477 e. The van der Waals surface area contributed by atoms with Crippen LogP contribution < -0.4 is 5.32 Å². The molecule has 1 aromatic heterocycles. The summed E-state index contributed by atoms with van der Waals surface area (Å²) in [5.74, 6) is -0.271. The highest BCUT2D eigenvalue weighted by Gasteiger charge is 2.05. The number of carbonyl (C=O) groups is 1. The van der Waals surface area contributed by atoms with Crippen LogP contribution in [0.3, 0.4) is 0 Å². The van der Waals surface area contributed by atoms with Crippen LogP contribution in [0.4, 0.5) is 0 Å². The number of ether oxygens (including phenoxy) is 1. The smallest absolute Gasteiger partial charge is 0.345 e. The molecule has 0 radical (unpaired) electrons. The fourth-order valence-corrected chi connectivity index (χ4v) is 2.23. The van der Waals surface area contributed by atoms with Gasteiger partial charge in [0, 0.05) is 24.6 Å². The van der Waals surface area contributed by atoms with E-state index in [2.05, 4.69) is 19.2 Å². The summed E-state index contributed by atoms with van der Waals surface area (Å²) in [4.78, 5) is 12.1. The Morgan fingerprint density at radius 2 is 2.28 bits per heavy atom. The standard InChI is InChI=1S/C13H21NO3S/c1-10(2)9-17-7-3-6-14-8-11-4-5-12(18-11)13(15)16/h4-5,10,14H,3,6-9H2,1-2H3,(H,15,16). The minimum atomic E-state index is -0.853. The number of hydrogen-bond acceptors (Lipinski definition) is 4. The Balaban J connectivity index is 2.05. The summed E-state index contributed by atoms with van der Waals surface area (Å²) < 4.78 is 5.47. The summed E-state index contributed by atoms with van der Waals surface area (Å²) in [6.07, 6.45) is 0.976. The van der Waals surface area contributed by atoms with Gasteiger partial charge in [-0.3, -0.25) is 0 Å². The first-order valence-electron chi connectivity index (χ1n) is 6.20. The number of hydrogen-bond donors (Lipinski definition) is 2. The minimum absolute atomic E-state index is 0.395. The van der Waals surface area contributed by atoms with Crippen molar-refractivity contribution in [2.45, 2.75) is 26.8 Å². The van der Waals surface area contributed by atoms with Crippen LogP contribution in [0.15, 0.2) is 12.1 Å². The molecule has 0 aliphatic carbocycles. The van der Waals surface area contributed by atoms with Crippen molar-refractivity contribution in [1.29, 1.82) is 0 Å². The molecule has 0 aromatic carbocycles. The van der Waals surface area contributed by atoms with Crippen LogP contribution >= 0.6 is 11.3 Å². The third-order valence-electron chi connectivity index (χ3n) is 2.27. The molecule has 102 valence electrons. The molecule has 18 heavy (non-hydrogen) atoms. The van der Waals surface area contributed by atoms with Crippen LogP contribution in [-0.4, -0.2) is 30.8 Å². The van der Waals surface area contributed by atoms with Gasteiger partial charge in [-0.1, -0.05) is 13.8 Å². The van der Waals surface area contributed by atoms with Gasteiger partial charge in [0.2, 0.25) is 0 Å². The lowest BCUT2D eigenvalue weighted by Gasteiger charge is -2.07. The van der Waals surface area contributed by atoms with Gasteiger partial charge in [0.05, 0.1) is 0 Å². The van der Waals surface area contributed by atoms with Crippen LogP contribution in [0, 0.1) is 5.92 Å². The van der Waals surface area contributed by atoms with E-state index in [1.807, 2.05) is 6.07 Å². The Kier molecular flexibility index (Phi) is 6.93. The Morgan fingerprint density at radius 1 is 1.50 bits per heavy atom. The number of aromatic carboxylic acids is 1. The zero-order chi connectivity index (χ0) is 13.4. The van der Waals surface area contributed by atoms with Crippen molar-refractivity contribution in [3.05, 3.63) is 21.9 Å². The van der Waals surface area contributed by atoms with E-state index < -0.39 is 5.97 Å². The first-order chi connectivity index (χ1) is 8.59. The molecule has 0 atom stereocenters. The second kappa shape index (κ2) is 8.24. The molecule has 0 fully saturated rings. The second-order valence-corrected chi connectivity index (χ2v) is 5.74. The van der Waals surface area contributed by atoms with Gasteiger partial charge in [-0.2, -0.15) is 0 Å². The summed E-state index contributed by atoms with van der Waals surface area (Å²) in [6.45, 7) is 7.47. The average molecular weight is 271 g/mol. The van der Waals surface area contributed by atoms with E-state index in [9.17, 15) is 4.79 Å². The summed E-state index contributed by atoms with van der Waals surface area (Å²) in [7, 11) is 0. The predicted octanol–water partition coefficient (Wildman–Crippen LogP) is 2.60. The van der Waals surface area contributed by atoms with Crippen LogP contribution in [-0.2, 0) is 11.3 Å². The summed E-state index contributed by atoms with van der Waals surface area (Å²) in [5.41, 5.74) is 0. The largest absolute Gasteiger partial charge is 0.477 e. The summed E-state index contributed by atoms with van der Waals surface area (Å²) >= 11 is 1.32. The molecule has 1 heterocycles. The summed E-state index contributed by atoms with van der Waals surface area (Å²) in [5, 5.41) is 12.1. The monoisotopic (exact) mass is 271 g/mol. The number of rotatable bonds is 9. The molecule has 5 heteroatoms. The molecule has 1 rings (SSSR count). The third-order valence-corrected chi connectivity index (χ3v) is 3.34. The number of nitrogens with one attached hydrogen (secondary N) is 1. The Bertz CT molecular complexity index is 363. The molecule has 0 unspecified atom stereocenters. The molecule has 0 bridgehead atoms. The lowest BCUT2D eigenvalue weighted by Crippen LogP contribution is -2.16. The van der Waals surface area contributed by atoms with Gasteiger partial charge in [-0.05, 0) is 31.0 Å². The number of carboxylic acids is 1. The van der Waals surface area contributed by atoms with Crippen molar-refractivity contribution >= 4 is 17.3 Å². The number of thiophene rings is 1. The van der Waals surface area contributed by atoms with Crippen LogP contribution in [0.1, 0.15) is 34.8 Å². The van der Waals surface area contributed by atoms with Gasteiger partial charge < -0.3 is 15.2 Å². The van der Waals surface area contributed by atoms with E-state index in [1.165, 1.54) is 11.3 Å². The van der Waals surface area contributed by atoms with E-state index in [0.29, 0.717) is 10.8 Å². The first-order valence-corrected chi connectivity index (χ1v) is 7.01. The highest BCUT2D eigenvalue weighted by molar-refractivity contribution is 7.13. The molecule has 0 aliphatic rings. The normalized spacial score (nSPS) is 11.1. The van der Waals surface area contributed by atoms with Crippen LogP contribution in [0.2, 0.25) is 0 Å². The molecule has 0 saturated heterocycles. The average Bonchev–Trinajstić information content (AvgIpc) is 2.76. The van der Waals surface area contributed by atoms with Gasteiger partial charge >= 0.3 is 5.97 Å². The fourth-order valence-electron chi connectivity index (χ4n) is 1.42. The van der Waals surface area contributed by atoms with Crippen molar-refractivity contribution in [3.8, 4) is 0 Å². The van der Waals surface area contributed by atoms with Crippen LogP contribution in [0.5, 0.6) is 0 Å². The highest BCUT2D eigenvalue weighted by Crippen LogP contribution is 2.15. The SMILES string of the molecule is CC(C)COCCCNCc1ccc(C(=O)O)s1. The predicted molar refractivity (Wildman–Crippen MR) is 73.3 cm³/mol. The Hall–Kier alpha value is -0.910. The van der Waals surface area contributed by atoms with Gasteiger partial charge in [0.15, 0.2) is 0 Å². The maximum absolute atomic E-state index is 10.7. The molecule has 0 spiro atoms. The Morgan fingerprint density at radius 3 is 2.89 bits per heavy atom. The topological polar surface area (TPSA) is 58.6 Å². The molecule has 4 nitrogen and oxygen atoms in total. The zero-order valence-corrected chi connectivity index (χ0v) is 11.8. The molecular formula is C13H21NO3S. The van der Waals surface area contributed by atoms with Crippen molar-refractivity contribution in [3.63, 3.8) is 0 Å². The van der Waals surface area contributed by atoms with Crippen LogP contribution in [0.25, 0.3) is 0 Å². The van der Waals surface area contributed by atoms with Crippen molar-refractivity contribution in [1.82, 2.24) is 5.32 Å². The molecule has 2 N–H and O–H groups in total. The van der Waals surface area contributed by atoms with Crippen molar-refractivity contribution in [2.75, 3.05) is 19.8 Å². The van der Waals surface area contributed by atoms with E-state index >= 15 is 0 Å². The molecule has 0 saturated carbocycles. The van der Waals surface area contributed by atoms with Gasteiger partial charge in [-0.15, -0.1) is 11.3 Å². The second-order valence-electron chi connectivity index (χ2n) is 4.57. The number of carboxylic acid groups (broad SMARTS) is 1. The Labute approximate surface area is 112 Å². The maximum Gasteiger partial charge on any atom is 0.345 e. The lowest BCUT2D eigenvalue weighted by molar-refractivity contribution is 0.0702. The summed E-state index contributed by atoms with van der Waals surface area (Å²) in [6, 6.07) is 3.51.